The molecule has 0 aliphatic rings. The van der Waals surface area contributed by atoms with Gasteiger partial charge in [0.05, 0.1) is 11.9 Å². The standard InChI is InChI=1S/C28H30ClN3/c1-2-3-18-32-26(19-30-28(32)24-14-8-5-9-15-24)22-31(20-23-12-6-4-7-13-23)21-25-16-10-11-17-27(25)29/h4-17,19H,2-3,18,20-22H2,1H3. The van der Waals surface area contributed by atoms with Crippen molar-refractivity contribution in [2.24, 2.45) is 0 Å². The molecule has 164 valence electrons. The molecule has 4 aromatic rings. The van der Waals surface area contributed by atoms with E-state index in [1.54, 1.807) is 0 Å². The number of rotatable bonds is 10. The monoisotopic (exact) mass is 443 g/mol. The number of aromatic nitrogens is 2. The van der Waals surface area contributed by atoms with Gasteiger partial charge in [-0.15, -0.1) is 0 Å². The fourth-order valence-electron chi connectivity index (χ4n) is 4.03. The average molecular weight is 444 g/mol. The Morgan fingerprint density at radius 1 is 0.812 bits per heavy atom. The molecule has 0 atom stereocenters. The van der Waals surface area contributed by atoms with E-state index < -0.39 is 0 Å². The number of imidazole rings is 1. The van der Waals surface area contributed by atoms with Crippen LogP contribution in [0.2, 0.25) is 5.02 Å². The highest BCUT2D eigenvalue weighted by atomic mass is 35.5. The molecule has 0 bridgehead atoms. The van der Waals surface area contributed by atoms with E-state index in [0.717, 1.165) is 61.0 Å². The zero-order chi connectivity index (χ0) is 22.2. The lowest BCUT2D eigenvalue weighted by atomic mass is 10.1. The quantitative estimate of drug-likeness (QED) is 0.258. The Morgan fingerprint density at radius 3 is 2.22 bits per heavy atom. The lowest BCUT2D eigenvalue weighted by molar-refractivity contribution is 0.241. The van der Waals surface area contributed by atoms with Crippen LogP contribution in [0.1, 0.15) is 36.6 Å². The zero-order valence-corrected chi connectivity index (χ0v) is 19.4. The van der Waals surface area contributed by atoms with Gasteiger partial charge in [-0.2, -0.15) is 0 Å². The average Bonchev–Trinajstić information content (AvgIpc) is 3.22. The molecular weight excluding hydrogens is 414 g/mol. The molecule has 4 heteroatoms. The van der Waals surface area contributed by atoms with Gasteiger partial charge in [-0.25, -0.2) is 4.98 Å². The van der Waals surface area contributed by atoms with E-state index in [0.29, 0.717) is 0 Å². The third-order valence-corrected chi connectivity index (χ3v) is 6.06. The fraction of sp³-hybridized carbons (Fsp3) is 0.250. The highest BCUT2D eigenvalue weighted by molar-refractivity contribution is 6.31. The minimum atomic E-state index is 0.786. The van der Waals surface area contributed by atoms with Gasteiger partial charge < -0.3 is 4.57 Å². The van der Waals surface area contributed by atoms with Crippen molar-refractivity contribution in [3.63, 3.8) is 0 Å². The van der Waals surface area contributed by atoms with Gasteiger partial charge in [0.1, 0.15) is 5.82 Å². The lowest BCUT2D eigenvalue weighted by Crippen LogP contribution is -2.24. The molecule has 0 aliphatic heterocycles. The van der Waals surface area contributed by atoms with Crippen LogP contribution in [0.4, 0.5) is 0 Å². The molecule has 0 fully saturated rings. The summed E-state index contributed by atoms with van der Waals surface area (Å²) in [6, 6.07) is 29.2. The van der Waals surface area contributed by atoms with Crippen LogP contribution in [-0.2, 0) is 26.2 Å². The van der Waals surface area contributed by atoms with E-state index in [1.165, 1.54) is 11.3 Å². The predicted octanol–water partition coefficient (Wildman–Crippen LogP) is 7.21. The van der Waals surface area contributed by atoms with Gasteiger partial charge in [-0.05, 0) is 23.6 Å². The van der Waals surface area contributed by atoms with E-state index in [-0.39, 0.29) is 0 Å². The second-order valence-electron chi connectivity index (χ2n) is 8.17. The molecule has 0 aliphatic carbocycles. The summed E-state index contributed by atoms with van der Waals surface area (Å²) in [6.45, 7) is 5.66. The molecule has 0 N–H and O–H groups in total. The molecule has 0 saturated carbocycles. The summed E-state index contributed by atoms with van der Waals surface area (Å²) in [7, 11) is 0. The third-order valence-electron chi connectivity index (χ3n) is 5.69. The number of nitrogens with zero attached hydrogens (tertiary/aromatic N) is 3. The normalized spacial score (nSPS) is 11.2. The minimum Gasteiger partial charge on any atom is -0.327 e. The Kier molecular flexibility index (Phi) is 7.76. The van der Waals surface area contributed by atoms with Crippen molar-refractivity contribution in [3.05, 3.63) is 113 Å². The van der Waals surface area contributed by atoms with Crippen molar-refractivity contribution in [2.45, 2.75) is 45.9 Å². The first-order valence-corrected chi connectivity index (χ1v) is 11.7. The highest BCUT2D eigenvalue weighted by Gasteiger charge is 2.16. The first kappa shape index (κ1) is 22.3. The van der Waals surface area contributed by atoms with Crippen LogP contribution < -0.4 is 0 Å². The summed E-state index contributed by atoms with van der Waals surface area (Å²) in [5.74, 6) is 1.05. The SMILES string of the molecule is CCCCn1c(CN(Cc2ccccc2)Cc2ccccc2Cl)cnc1-c1ccccc1. The van der Waals surface area contributed by atoms with Crippen LogP contribution in [0.3, 0.4) is 0 Å². The van der Waals surface area contributed by atoms with Gasteiger partial charge in [0.15, 0.2) is 0 Å². The number of halogens is 1. The van der Waals surface area contributed by atoms with E-state index in [1.807, 2.05) is 18.3 Å². The van der Waals surface area contributed by atoms with Crippen LogP contribution in [-0.4, -0.2) is 14.5 Å². The van der Waals surface area contributed by atoms with Crippen LogP contribution in [0.25, 0.3) is 11.4 Å². The molecule has 0 amide bonds. The number of hydrogen-bond donors (Lipinski definition) is 0. The largest absolute Gasteiger partial charge is 0.327 e. The van der Waals surface area contributed by atoms with Crippen molar-refractivity contribution >= 4 is 11.6 Å². The van der Waals surface area contributed by atoms with Crippen molar-refractivity contribution < 1.29 is 0 Å². The Labute approximate surface area is 196 Å². The molecule has 0 spiro atoms. The first-order valence-electron chi connectivity index (χ1n) is 11.3. The van der Waals surface area contributed by atoms with Gasteiger partial charge in [-0.3, -0.25) is 4.90 Å². The molecule has 1 heterocycles. The molecule has 32 heavy (non-hydrogen) atoms. The molecular formula is C28H30ClN3. The predicted molar refractivity (Wildman–Crippen MR) is 133 cm³/mol. The lowest BCUT2D eigenvalue weighted by Gasteiger charge is -2.24. The van der Waals surface area contributed by atoms with Gasteiger partial charge in [0.25, 0.3) is 0 Å². The molecule has 0 radical (unpaired) electrons. The van der Waals surface area contributed by atoms with E-state index in [2.05, 4.69) is 89.2 Å². The van der Waals surface area contributed by atoms with Gasteiger partial charge in [0, 0.05) is 36.8 Å². The Bertz CT molecular complexity index is 1110. The van der Waals surface area contributed by atoms with Crippen LogP contribution >= 0.6 is 11.6 Å². The maximum Gasteiger partial charge on any atom is 0.140 e. The number of hydrogen-bond acceptors (Lipinski definition) is 2. The third kappa shape index (κ3) is 5.67. The Balaban J connectivity index is 1.64. The van der Waals surface area contributed by atoms with E-state index in [9.17, 15) is 0 Å². The summed E-state index contributed by atoms with van der Waals surface area (Å²) >= 11 is 6.51. The second-order valence-corrected chi connectivity index (χ2v) is 8.57. The summed E-state index contributed by atoms with van der Waals surface area (Å²) in [4.78, 5) is 7.28. The molecule has 0 saturated heterocycles. The van der Waals surface area contributed by atoms with E-state index >= 15 is 0 Å². The number of benzene rings is 3. The van der Waals surface area contributed by atoms with Crippen molar-refractivity contribution in [1.29, 1.82) is 0 Å². The molecule has 3 nitrogen and oxygen atoms in total. The minimum absolute atomic E-state index is 0.786. The van der Waals surface area contributed by atoms with Gasteiger partial charge in [-0.1, -0.05) is 104 Å². The fourth-order valence-corrected chi connectivity index (χ4v) is 4.22. The topological polar surface area (TPSA) is 21.1 Å². The second kappa shape index (κ2) is 11.1. The number of unbranched alkanes of at least 4 members (excludes halogenated alkanes) is 1. The van der Waals surface area contributed by atoms with E-state index in [4.69, 9.17) is 16.6 Å². The molecule has 3 aromatic carbocycles. The summed E-state index contributed by atoms with van der Waals surface area (Å²) in [6.07, 6.45) is 4.33. The summed E-state index contributed by atoms with van der Waals surface area (Å²) in [5, 5.41) is 0.815. The Morgan fingerprint density at radius 2 is 1.50 bits per heavy atom. The maximum atomic E-state index is 6.51. The summed E-state index contributed by atoms with van der Waals surface area (Å²) < 4.78 is 2.39. The maximum absolute atomic E-state index is 6.51. The van der Waals surface area contributed by atoms with Crippen LogP contribution in [0, 0.1) is 0 Å². The Hall–Kier alpha value is -2.88. The highest BCUT2D eigenvalue weighted by Crippen LogP contribution is 2.24. The molecule has 4 rings (SSSR count). The van der Waals surface area contributed by atoms with Crippen molar-refractivity contribution in [1.82, 2.24) is 14.5 Å². The van der Waals surface area contributed by atoms with Crippen molar-refractivity contribution in [2.75, 3.05) is 0 Å². The van der Waals surface area contributed by atoms with Crippen molar-refractivity contribution in [3.8, 4) is 11.4 Å². The van der Waals surface area contributed by atoms with Gasteiger partial charge >= 0.3 is 0 Å². The summed E-state index contributed by atoms with van der Waals surface area (Å²) in [5.41, 5.74) is 4.84. The molecule has 1 aromatic heterocycles. The smallest absolute Gasteiger partial charge is 0.140 e. The van der Waals surface area contributed by atoms with Crippen LogP contribution in [0.15, 0.2) is 91.1 Å². The zero-order valence-electron chi connectivity index (χ0n) is 18.6. The first-order chi connectivity index (χ1) is 15.7. The molecule has 0 unspecified atom stereocenters. The van der Waals surface area contributed by atoms with Crippen LogP contribution in [0.5, 0.6) is 0 Å². The van der Waals surface area contributed by atoms with Gasteiger partial charge in [0.2, 0.25) is 0 Å².